The molecule has 1 heterocycles. The lowest BCUT2D eigenvalue weighted by atomic mass is 10.1. The maximum absolute atomic E-state index is 12.5. The number of pyridine rings is 1. The Hall–Kier alpha value is -3.61. The summed E-state index contributed by atoms with van der Waals surface area (Å²) in [4.78, 5) is 28.8. The number of carbonyl (C=O) groups excluding carboxylic acids is 2. The van der Waals surface area contributed by atoms with Crippen LogP contribution in [0.15, 0.2) is 48.7 Å². The van der Waals surface area contributed by atoms with E-state index < -0.39 is 11.9 Å². The van der Waals surface area contributed by atoms with Gasteiger partial charge in [-0.15, -0.1) is 0 Å². The molecule has 0 saturated carbocycles. The number of anilines is 2. The fourth-order valence-electron chi connectivity index (χ4n) is 2.88. The van der Waals surface area contributed by atoms with E-state index in [4.69, 9.17) is 14.2 Å². The maximum atomic E-state index is 12.5. The fraction of sp³-hybridized carbons (Fsp3) is 0.227. The van der Waals surface area contributed by atoms with E-state index in [1.54, 1.807) is 25.1 Å². The zero-order chi connectivity index (χ0) is 20.8. The summed E-state index contributed by atoms with van der Waals surface area (Å²) in [5, 5.41) is 3.86. The molecule has 7 heteroatoms. The highest BCUT2D eigenvalue weighted by molar-refractivity contribution is 6.07. The van der Waals surface area contributed by atoms with Gasteiger partial charge in [0.2, 0.25) is 0 Å². The molecule has 1 aromatic heterocycles. The molecule has 7 nitrogen and oxygen atoms in total. The van der Waals surface area contributed by atoms with Crippen LogP contribution in [0.1, 0.15) is 34.6 Å². The molecule has 0 spiro atoms. The normalized spacial score (nSPS) is 10.4. The van der Waals surface area contributed by atoms with Crippen molar-refractivity contribution in [1.82, 2.24) is 4.98 Å². The number of methoxy groups -OCH3 is 1. The number of ether oxygens (including phenoxy) is 3. The molecule has 0 bridgehead atoms. The molecule has 150 valence electrons. The number of hydrogen-bond acceptors (Lipinski definition) is 7. The molecule has 0 aliphatic rings. The van der Waals surface area contributed by atoms with Crippen molar-refractivity contribution in [3.63, 3.8) is 0 Å². The van der Waals surface area contributed by atoms with E-state index in [0.29, 0.717) is 28.8 Å². The minimum absolute atomic E-state index is 0.238. The van der Waals surface area contributed by atoms with Gasteiger partial charge < -0.3 is 19.5 Å². The lowest BCUT2D eigenvalue weighted by molar-refractivity contribution is 0.0526. The fourth-order valence-corrected chi connectivity index (χ4v) is 2.88. The van der Waals surface area contributed by atoms with Crippen molar-refractivity contribution in [2.45, 2.75) is 13.8 Å². The number of benzene rings is 2. The third-order valence-electron chi connectivity index (χ3n) is 4.22. The summed E-state index contributed by atoms with van der Waals surface area (Å²) in [5.41, 5.74) is 2.50. The number of aromatic nitrogens is 1. The van der Waals surface area contributed by atoms with Crippen molar-refractivity contribution < 1.29 is 23.8 Å². The van der Waals surface area contributed by atoms with Crippen LogP contribution in [0.2, 0.25) is 0 Å². The highest BCUT2D eigenvalue weighted by Crippen LogP contribution is 2.31. The van der Waals surface area contributed by atoms with E-state index in [1.807, 2.05) is 31.2 Å². The van der Waals surface area contributed by atoms with Crippen LogP contribution in [0.25, 0.3) is 10.9 Å². The van der Waals surface area contributed by atoms with Crippen LogP contribution in [0, 0.1) is 0 Å². The number of rotatable bonds is 7. The second-order valence-corrected chi connectivity index (χ2v) is 6.07. The Bertz CT molecular complexity index is 1030. The Morgan fingerprint density at radius 3 is 2.41 bits per heavy atom. The predicted octanol–water partition coefficient (Wildman–Crippen LogP) is 4.34. The van der Waals surface area contributed by atoms with Crippen molar-refractivity contribution >= 4 is 34.2 Å². The minimum atomic E-state index is -0.501. The Morgan fingerprint density at radius 2 is 1.76 bits per heavy atom. The monoisotopic (exact) mass is 394 g/mol. The van der Waals surface area contributed by atoms with E-state index in [9.17, 15) is 9.59 Å². The molecule has 0 radical (unpaired) electrons. The topological polar surface area (TPSA) is 86.8 Å². The zero-order valence-electron chi connectivity index (χ0n) is 16.5. The van der Waals surface area contributed by atoms with Crippen molar-refractivity contribution in [3.8, 4) is 5.75 Å². The smallest absolute Gasteiger partial charge is 0.341 e. The van der Waals surface area contributed by atoms with Gasteiger partial charge in [0.1, 0.15) is 11.3 Å². The molecule has 0 aliphatic heterocycles. The van der Waals surface area contributed by atoms with Crippen LogP contribution in [0.3, 0.4) is 0 Å². The summed E-state index contributed by atoms with van der Waals surface area (Å²) in [6.45, 7) is 4.47. The number of nitrogens with one attached hydrogen (secondary N) is 1. The van der Waals surface area contributed by atoms with Crippen LogP contribution < -0.4 is 10.1 Å². The molecule has 1 N–H and O–H groups in total. The summed E-state index contributed by atoms with van der Waals surface area (Å²) in [7, 11) is 1.32. The summed E-state index contributed by atoms with van der Waals surface area (Å²) < 4.78 is 15.5. The Kier molecular flexibility index (Phi) is 6.29. The molecule has 0 fully saturated rings. The number of fused-ring (bicyclic) bond motifs is 1. The SMILES string of the molecule is CCOC(=O)c1cnc2ccc(C(=O)OC)cc2c1Nc1ccc(OCC)cc1. The highest BCUT2D eigenvalue weighted by Gasteiger charge is 2.18. The highest BCUT2D eigenvalue weighted by atomic mass is 16.5. The van der Waals surface area contributed by atoms with Crippen molar-refractivity contribution in [3.05, 3.63) is 59.8 Å². The second kappa shape index (κ2) is 9.05. The summed E-state index contributed by atoms with van der Waals surface area (Å²) >= 11 is 0. The van der Waals surface area contributed by atoms with Gasteiger partial charge in [0.15, 0.2) is 0 Å². The van der Waals surface area contributed by atoms with Gasteiger partial charge >= 0.3 is 11.9 Å². The van der Waals surface area contributed by atoms with Crippen LogP contribution in [-0.2, 0) is 9.47 Å². The van der Waals surface area contributed by atoms with Gasteiger partial charge in [-0.2, -0.15) is 0 Å². The molecule has 0 amide bonds. The first-order chi connectivity index (χ1) is 14.1. The lowest BCUT2D eigenvalue weighted by Gasteiger charge is -2.15. The number of carbonyl (C=O) groups is 2. The first-order valence-corrected chi connectivity index (χ1v) is 9.25. The molecular weight excluding hydrogens is 372 g/mol. The minimum Gasteiger partial charge on any atom is -0.494 e. The summed E-state index contributed by atoms with van der Waals surface area (Å²) in [6, 6.07) is 12.3. The standard InChI is InChI=1S/C22H22N2O5/c1-4-28-16-9-7-15(8-10-16)24-20-17-12-14(21(25)27-3)6-11-19(17)23-13-18(20)22(26)29-5-2/h6-13H,4-5H2,1-3H3,(H,23,24). The lowest BCUT2D eigenvalue weighted by Crippen LogP contribution is -2.10. The van der Waals surface area contributed by atoms with Crippen molar-refractivity contribution in [2.75, 3.05) is 25.6 Å². The number of esters is 2. The van der Waals surface area contributed by atoms with Gasteiger partial charge in [-0.05, 0) is 56.3 Å². The van der Waals surface area contributed by atoms with Crippen LogP contribution in [0.4, 0.5) is 11.4 Å². The summed E-state index contributed by atoms with van der Waals surface area (Å²) in [5.74, 6) is -0.226. The van der Waals surface area contributed by atoms with E-state index in [0.717, 1.165) is 11.4 Å². The van der Waals surface area contributed by atoms with Gasteiger partial charge in [0.05, 0.1) is 37.1 Å². The largest absolute Gasteiger partial charge is 0.494 e. The predicted molar refractivity (Wildman–Crippen MR) is 110 cm³/mol. The molecule has 0 unspecified atom stereocenters. The van der Waals surface area contributed by atoms with Gasteiger partial charge in [0, 0.05) is 17.3 Å². The average molecular weight is 394 g/mol. The molecular formula is C22H22N2O5. The molecule has 0 aliphatic carbocycles. The Morgan fingerprint density at radius 1 is 1.00 bits per heavy atom. The van der Waals surface area contributed by atoms with E-state index in [2.05, 4.69) is 10.3 Å². The van der Waals surface area contributed by atoms with Gasteiger partial charge in [-0.25, -0.2) is 9.59 Å². The third kappa shape index (κ3) is 4.45. The number of hydrogen-bond donors (Lipinski definition) is 1. The second-order valence-electron chi connectivity index (χ2n) is 6.07. The van der Waals surface area contributed by atoms with E-state index in [1.165, 1.54) is 13.3 Å². The molecule has 2 aromatic carbocycles. The van der Waals surface area contributed by atoms with Crippen LogP contribution >= 0.6 is 0 Å². The molecule has 0 atom stereocenters. The van der Waals surface area contributed by atoms with Gasteiger partial charge in [0.25, 0.3) is 0 Å². The van der Waals surface area contributed by atoms with Crippen LogP contribution in [0.5, 0.6) is 5.75 Å². The first-order valence-electron chi connectivity index (χ1n) is 9.25. The first kappa shape index (κ1) is 20.1. The van der Waals surface area contributed by atoms with Gasteiger partial charge in [-0.3, -0.25) is 4.98 Å². The van der Waals surface area contributed by atoms with Crippen molar-refractivity contribution in [2.24, 2.45) is 0 Å². The Balaban J connectivity index is 2.11. The van der Waals surface area contributed by atoms with E-state index >= 15 is 0 Å². The third-order valence-corrected chi connectivity index (χ3v) is 4.22. The summed E-state index contributed by atoms with van der Waals surface area (Å²) in [6.07, 6.45) is 1.47. The molecule has 29 heavy (non-hydrogen) atoms. The van der Waals surface area contributed by atoms with Crippen molar-refractivity contribution in [1.29, 1.82) is 0 Å². The molecule has 3 rings (SSSR count). The maximum Gasteiger partial charge on any atom is 0.341 e. The number of nitrogens with zero attached hydrogens (tertiary/aromatic N) is 1. The average Bonchev–Trinajstić information content (AvgIpc) is 2.74. The zero-order valence-corrected chi connectivity index (χ0v) is 16.5. The molecule has 0 saturated heterocycles. The van der Waals surface area contributed by atoms with Crippen LogP contribution in [-0.4, -0.2) is 37.2 Å². The Labute approximate surface area is 168 Å². The quantitative estimate of drug-likeness (QED) is 0.597. The van der Waals surface area contributed by atoms with E-state index in [-0.39, 0.29) is 12.2 Å². The molecule has 3 aromatic rings. The van der Waals surface area contributed by atoms with Gasteiger partial charge in [-0.1, -0.05) is 0 Å².